The molecule has 1 aliphatic heterocycles. The predicted octanol–water partition coefficient (Wildman–Crippen LogP) is 3.40. The molecule has 0 aromatic carbocycles. The molecule has 0 amide bonds. The molecule has 2 aliphatic rings. The summed E-state index contributed by atoms with van der Waals surface area (Å²) in [5.41, 5.74) is 6.84. The van der Waals surface area contributed by atoms with Crippen molar-refractivity contribution in [2.24, 2.45) is 17.1 Å². The Kier molecular flexibility index (Phi) is 4.71. The second-order valence-corrected chi connectivity index (χ2v) is 7.24. The molecule has 0 aromatic heterocycles. The monoisotopic (exact) mass is 252 g/mol. The van der Waals surface area contributed by atoms with E-state index in [1.54, 1.807) is 0 Å². The summed E-state index contributed by atoms with van der Waals surface area (Å²) in [6.45, 7) is 9.58. The van der Waals surface area contributed by atoms with Crippen molar-refractivity contribution < 1.29 is 0 Å². The Bertz CT molecular complexity index is 262. The third-order valence-corrected chi connectivity index (χ3v) is 5.45. The first-order valence-electron chi connectivity index (χ1n) is 8.04. The summed E-state index contributed by atoms with van der Waals surface area (Å²) < 4.78 is 0. The molecule has 3 unspecified atom stereocenters. The van der Waals surface area contributed by atoms with Crippen LogP contribution >= 0.6 is 0 Å². The second kappa shape index (κ2) is 5.92. The second-order valence-electron chi connectivity index (χ2n) is 7.24. The summed E-state index contributed by atoms with van der Waals surface area (Å²) in [4.78, 5) is 2.72. The van der Waals surface area contributed by atoms with Gasteiger partial charge >= 0.3 is 0 Å². The van der Waals surface area contributed by atoms with Crippen LogP contribution < -0.4 is 5.73 Å². The van der Waals surface area contributed by atoms with Gasteiger partial charge < -0.3 is 5.73 Å². The smallest absolute Gasteiger partial charge is 0.0252 e. The summed E-state index contributed by atoms with van der Waals surface area (Å²) in [5, 5.41) is 0. The van der Waals surface area contributed by atoms with Gasteiger partial charge in [-0.1, -0.05) is 33.6 Å². The zero-order valence-electron chi connectivity index (χ0n) is 12.6. The number of nitrogens with two attached hydrogens (primary N) is 1. The van der Waals surface area contributed by atoms with E-state index in [9.17, 15) is 0 Å². The third kappa shape index (κ3) is 3.08. The van der Waals surface area contributed by atoms with Crippen molar-refractivity contribution >= 4 is 0 Å². The van der Waals surface area contributed by atoms with Gasteiger partial charge in [0.1, 0.15) is 0 Å². The van der Waals surface area contributed by atoms with Gasteiger partial charge in [-0.25, -0.2) is 0 Å². The molecule has 2 rings (SSSR count). The molecule has 2 heteroatoms. The summed E-state index contributed by atoms with van der Waals surface area (Å²) in [7, 11) is 0. The fourth-order valence-electron chi connectivity index (χ4n) is 4.01. The van der Waals surface area contributed by atoms with Crippen molar-refractivity contribution in [3.63, 3.8) is 0 Å². The van der Waals surface area contributed by atoms with Gasteiger partial charge in [-0.2, -0.15) is 0 Å². The minimum atomic E-state index is 0.347. The first-order valence-corrected chi connectivity index (χ1v) is 8.04. The molecule has 1 heterocycles. The molecule has 0 radical (unpaired) electrons. The predicted molar refractivity (Wildman–Crippen MR) is 78.6 cm³/mol. The molecule has 0 aromatic rings. The van der Waals surface area contributed by atoms with Crippen LogP contribution in [0.25, 0.3) is 0 Å². The van der Waals surface area contributed by atoms with Gasteiger partial charge in [0.25, 0.3) is 0 Å². The lowest BCUT2D eigenvalue weighted by molar-refractivity contribution is 0.167. The average Bonchev–Trinajstić information content (AvgIpc) is 2.53. The van der Waals surface area contributed by atoms with Crippen LogP contribution in [0.2, 0.25) is 0 Å². The van der Waals surface area contributed by atoms with E-state index in [1.165, 1.54) is 58.0 Å². The molecule has 106 valence electrons. The minimum Gasteiger partial charge on any atom is -0.326 e. The Morgan fingerprint density at radius 3 is 2.56 bits per heavy atom. The number of hydrogen-bond acceptors (Lipinski definition) is 2. The van der Waals surface area contributed by atoms with Gasteiger partial charge in [0.2, 0.25) is 0 Å². The minimum absolute atomic E-state index is 0.347. The molecule has 1 saturated carbocycles. The van der Waals surface area contributed by atoms with Gasteiger partial charge in [-0.15, -0.1) is 0 Å². The quantitative estimate of drug-likeness (QED) is 0.834. The molecule has 1 aliphatic carbocycles. The Morgan fingerprint density at radius 1 is 1.17 bits per heavy atom. The van der Waals surface area contributed by atoms with E-state index in [0.29, 0.717) is 17.5 Å². The molecule has 2 fully saturated rings. The number of likely N-dealkylation sites (tertiary alicyclic amines) is 1. The molecule has 18 heavy (non-hydrogen) atoms. The van der Waals surface area contributed by atoms with Crippen LogP contribution in [0.5, 0.6) is 0 Å². The summed E-state index contributed by atoms with van der Waals surface area (Å²) in [6.07, 6.45) is 9.61. The number of hydrogen-bond donors (Lipinski definition) is 1. The number of rotatable bonds is 3. The van der Waals surface area contributed by atoms with E-state index in [0.717, 1.165) is 5.92 Å². The van der Waals surface area contributed by atoms with E-state index in [4.69, 9.17) is 5.73 Å². The normalized spacial score (nSPS) is 37.7. The zero-order valence-corrected chi connectivity index (χ0v) is 12.6. The Morgan fingerprint density at radius 2 is 1.94 bits per heavy atom. The van der Waals surface area contributed by atoms with Crippen molar-refractivity contribution in [2.75, 3.05) is 13.1 Å². The van der Waals surface area contributed by atoms with Gasteiger partial charge in [-0.3, -0.25) is 4.90 Å². The van der Waals surface area contributed by atoms with Crippen molar-refractivity contribution in [1.82, 2.24) is 4.90 Å². The highest BCUT2D eigenvalue weighted by Crippen LogP contribution is 2.39. The van der Waals surface area contributed by atoms with Gasteiger partial charge in [-0.05, 0) is 56.5 Å². The van der Waals surface area contributed by atoms with Crippen LogP contribution in [-0.2, 0) is 0 Å². The standard InChI is InChI=1S/C16H32N2/c1-4-6-13-7-5-11-18(12-9-13)14-8-10-16(2,3)15(14)17/h13-15H,4-12,17H2,1-3H3. The van der Waals surface area contributed by atoms with E-state index >= 15 is 0 Å². The van der Waals surface area contributed by atoms with E-state index in [2.05, 4.69) is 25.7 Å². The maximum Gasteiger partial charge on any atom is 0.0252 e. The van der Waals surface area contributed by atoms with E-state index in [-0.39, 0.29) is 0 Å². The van der Waals surface area contributed by atoms with Crippen LogP contribution in [0, 0.1) is 11.3 Å². The summed E-state index contributed by atoms with van der Waals surface area (Å²) in [6, 6.07) is 1.03. The third-order valence-electron chi connectivity index (χ3n) is 5.45. The Labute approximate surface area is 113 Å². The fraction of sp³-hybridized carbons (Fsp3) is 1.00. The molecule has 0 bridgehead atoms. The summed E-state index contributed by atoms with van der Waals surface area (Å²) in [5.74, 6) is 0.977. The summed E-state index contributed by atoms with van der Waals surface area (Å²) >= 11 is 0. The topological polar surface area (TPSA) is 29.3 Å². The highest BCUT2D eigenvalue weighted by atomic mass is 15.2. The Hall–Kier alpha value is -0.0800. The lowest BCUT2D eigenvalue weighted by Crippen LogP contribution is -2.49. The highest BCUT2D eigenvalue weighted by Gasteiger charge is 2.42. The van der Waals surface area contributed by atoms with Crippen LogP contribution in [0.4, 0.5) is 0 Å². The van der Waals surface area contributed by atoms with Crippen molar-refractivity contribution in [2.45, 2.75) is 77.8 Å². The zero-order chi connectivity index (χ0) is 13.2. The number of nitrogens with zero attached hydrogens (tertiary/aromatic N) is 1. The van der Waals surface area contributed by atoms with Crippen LogP contribution in [0.15, 0.2) is 0 Å². The largest absolute Gasteiger partial charge is 0.326 e. The molecule has 0 spiro atoms. The lowest BCUT2D eigenvalue weighted by atomic mass is 9.87. The SMILES string of the molecule is CCCC1CCCN(C2CCC(C)(C)C2N)CC1. The molecule has 2 N–H and O–H groups in total. The van der Waals surface area contributed by atoms with Crippen LogP contribution in [0.1, 0.15) is 65.7 Å². The maximum absolute atomic E-state index is 6.49. The van der Waals surface area contributed by atoms with Crippen LogP contribution in [0.3, 0.4) is 0 Å². The maximum atomic E-state index is 6.49. The first kappa shape index (κ1) is 14.3. The molecular formula is C16H32N2. The molecule has 2 nitrogen and oxygen atoms in total. The Balaban J connectivity index is 1.90. The fourth-order valence-corrected chi connectivity index (χ4v) is 4.01. The van der Waals surface area contributed by atoms with Crippen LogP contribution in [-0.4, -0.2) is 30.1 Å². The van der Waals surface area contributed by atoms with Crippen molar-refractivity contribution in [3.8, 4) is 0 Å². The van der Waals surface area contributed by atoms with Gasteiger partial charge in [0.15, 0.2) is 0 Å². The average molecular weight is 252 g/mol. The van der Waals surface area contributed by atoms with E-state index < -0.39 is 0 Å². The van der Waals surface area contributed by atoms with Gasteiger partial charge in [0.05, 0.1) is 0 Å². The van der Waals surface area contributed by atoms with Crippen molar-refractivity contribution in [3.05, 3.63) is 0 Å². The first-order chi connectivity index (χ1) is 8.54. The lowest BCUT2D eigenvalue weighted by Gasteiger charge is -2.34. The van der Waals surface area contributed by atoms with Gasteiger partial charge in [0, 0.05) is 12.1 Å². The van der Waals surface area contributed by atoms with E-state index in [1.807, 2.05) is 0 Å². The molecule has 3 atom stereocenters. The molecular weight excluding hydrogens is 220 g/mol. The van der Waals surface area contributed by atoms with Crippen molar-refractivity contribution in [1.29, 1.82) is 0 Å². The highest BCUT2D eigenvalue weighted by molar-refractivity contribution is 4.99. The molecule has 1 saturated heterocycles.